The highest BCUT2D eigenvalue weighted by atomic mass is 16.6. The molecular formula is C28H31N5O3. The van der Waals surface area contributed by atoms with Gasteiger partial charge in [0.05, 0.1) is 17.8 Å². The predicted molar refractivity (Wildman–Crippen MR) is 139 cm³/mol. The molecule has 0 saturated carbocycles. The number of rotatable bonds is 4. The molecule has 1 amide bonds. The lowest BCUT2D eigenvalue weighted by atomic mass is 10.1. The van der Waals surface area contributed by atoms with Gasteiger partial charge in [-0.25, -0.2) is 9.78 Å². The number of aromatic nitrogens is 3. The Hall–Kier alpha value is -4.07. The summed E-state index contributed by atoms with van der Waals surface area (Å²) in [5, 5.41) is 4.61. The molecule has 4 heterocycles. The Morgan fingerprint density at radius 3 is 2.44 bits per heavy atom. The number of piperidine rings is 1. The molecule has 8 heteroatoms. The fraction of sp³-hybridized carbons (Fsp3) is 0.321. The fourth-order valence-electron chi connectivity index (χ4n) is 4.40. The van der Waals surface area contributed by atoms with Gasteiger partial charge in [0.1, 0.15) is 22.9 Å². The van der Waals surface area contributed by atoms with Gasteiger partial charge in [-0.1, -0.05) is 30.3 Å². The molecule has 0 aliphatic carbocycles. The fourth-order valence-corrected chi connectivity index (χ4v) is 4.40. The highest BCUT2D eigenvalue weighted by Gasteiger charge is 2.28. The van der Waals surface area contributed by atoms with Crippen molar-refractivity contribution >= 4 is 11.9 Å². The van der Waals surface area contributed by atoms with Crippen LogP contribution in [0, 0.1) is 0 Å². The van der Waals surface area contributed by atoms with E-state index in [2.05, 4.69) is 10.1 Å². The first-order valence-electron chi connectivity index (χ1n) is 12.2. The molecular weight excluding hydrogens is 454 g/mol. The Bertz CT molecular complexity index is 1350. The molecule has 0 radical (unpaired) electrons. The van der Waals surface area contributed by atoms with Crippen LogP contribution in [0.4, 0.5) is 10.6 Å². The van der Waals surface area contributed by atoms with Crippen molar-refractivity contribution in [1.82, 2.24) is 19.7 Å². The summed E-state index contributed by atoms with van der Waals surface area (Å²) in [6, 6.07) is 16.0. The normalized spacial score (nSPS) is 14.7. The van der Waals surface area contributed by atoms with Gasteiger partial charge in [0.2, 0.25) is 0 Å². The van der Waals surface area contributed by atoms with Crippen molar-refractivity contribution in [2.24, 2.45) is 0 Å². The van der Waals surface area contributed by atoms with E-state index in [0.29, 0.717) is 24.7 Å². The monoisotopic (exact) mass is 485 g/mol. The van der Waals surface area contributed by atoms with Crippen molar-refractivity contribution in [3.63, 3.8) is 0 Å². The van der Waals surface area contributed by atoms with E-state index in [1.54, 1.807) is 11.1 Å². The molecule has 0 spiro atoms. The molecule has 8 nitrogen and oxygen atoms in total. The first kappa shape index (κ1) is 23.7. The van der Waals surface area contributed by atoms with Gasteiger partial charge < -0.3 is 19.8 Å². The summed E-state index contributed by atoms with van der Waals surface area (Å²) in [6.45, 7) is 6.94. The van der Waals surface area contributed by atoms with E-state index < -0.39 is 5.60 Å². The second kappa shape index (κ2) is 9.53. The number of hydrogen-bond acceptors (Lipinski definition) is 6. The van der Waals surface area contributed by atoms with Gasteiger partial charge in [0.25, 0.3) is 0 Å². The molecule has 1 aromatic carbocycles. The summed E-state index contributed by atoms with van der Waals surface area (Å²) in [6.07, 6.45) is 7.01. The molecule has 1 saturated heterocycles. The van der Waals surface area contributed by atoms with Gasteiger partial charge in [0, 0.05) is 42.2 Å². The molecule has 5 rings (SSSR count). The Kier molecular flexibility index (Phi) is 6.26. The molecule has 0 bridgehead atoms. The van der Waals surface area contributed by atoms with Crippen molar-refractivity contribution in [2.45, 2.75) is 45.3 Å². The summed E-state index contributed by atoms with van der Waals surface area (Å²) in [5.74, 6) is 1.86. The molecule has 186 valence electrons. The summed E-state index contributed by atoms with van der Waals surface area (Å²) in [7, 11) is 0. The number of likely N-dealkylation sites (tertiary alicyclic amines) is 1. The van der Waals surface area contributed by atoms with Crippen LogP contribution in [-0.2, 0) is 4.74 Å². The van der Waals surface area contributed by atoms with Gasteiger partial charge in [-0.05, 0) is 51.8 Å². The third-order valence-corrected chi connectivity index (χ3v) is 6.27. The molecule has 0 atom stereocenters. The zero-order valence-corrected chi connectivity index (χ0v) is 20.8. The molecule has 1 fully saturated rings. The lowest BCUT2D eigenvalue weighted by Gasteiger charge is -2.33. The number of anilines is 1. The van der Waals surface area contributed by atoms with Crippen molar-refractivity contribution in [3.8, 4) is 33.8 Å². The molecule has 1 aliphatic heterocycles. The summed E-state index contributed by atoms with van der Waals surface area (Å²) < 4.78 is 13.6. The van der Waals surface area contributed by atoms with E-state index in [1.165, 1.54) is 0 Å². The minimum absolute atomic E-state index is 0.220. The average Bonchev–Trinajstić information content (AvgIpc) is 3.55. The van der Waals surface area contributed by atoms with Crippen molar-refractivity contribution in [2.75, 3.05) is 18.8 Å². The molecule has 0 unspecified atom stereocenters. The van der Waals surface area contributed by atoms with Crippen molar-refractivity contribution < 1.29 is 13.9 Å². The number of benzene rings is 1. The number of pyridine rings is 1. The topological polar surface area (TPSA) is 99.4 Å². The third-order valence-electron chi connectivity index (χ3n) is 6.27. The number of hydrogen-bond donors (Lipinski definition) is 1. The number of nitrogens with two attached hydrogens (primary N) is 1. The van der Waals surface area contributed by atoms with E-state index in [1.807, 2.05) is 86.4 Å². The van der Waals surface area contributed by atoms with Crippen LogP contribution in [-0.4, -0.2) is 44.4 Å². The van der Waals surface area contributed by atoms with E-state index in [-0.39, 0.29) is 12.1 Å². The SMILES string of the molecule is CC(C)(C)OC(=O)N1CCC(n2cc(-c3cnc(N)c(-c4ccc(-c5ccccc5)o4)c3)cn2)CC1. The van der Waals surface area contributed by atoms with Gasteiger partial charge in [-0.2, -0.15) is 5.10 Å². The first-order valence-corrected chi connectivity index (χ1v) is 12.2. The van der Waals surface area contributed by atoms with Crippen LogP contribution in [0.1, 0.15) is 39.7 Å². The summed E-state index contributed by atoms with van der Waals surface area (Å²) in [5.41, 5.74) is 9.33. The number of amides is 1. The zero-order valence-electron chi connectivity index (χ0n) is 20.8. The summed E-state index contributed by atoms with van der Waals surface area (Å²) >= 11 is 0. The largest absolute Gasteiger partial charge is 0.456 e. The number of furan rings is 1. The Morgan fingerprint density at radius 1 is 1.00 bits per heavy atom. The smallest absolute Gasteiger partial charge is 0.410 e. The predicted octanol–water partition coefficient (Wildman–Crippen LogP) is 6.03. The number of carbonyl (C=O) groups is 1. The van der Waals surface area contributed by atoms with Crippen LogP contribution in [0.3, 0.4) is 0 Å². The highest BCUT2D eigenvalue weighted by Crippen LogP contribution is 2.34. The number of nitrogen functional groups attached to an aromatic ring is 1. The van der Waals surface area contributed by atoms with E-state index in [0.717, 1.165) is 40.9 Å². The number of nitrogens with zero attached hydrogens (tertiary/aromatic N) is 4. The molecule has 36 heavy (non-hydrogen) atoms. The Morgan fingerprint density at radius 2 is 1.72 bits per heavy atom. The van der Waals surface area contributed by atoms with Gasteiger partial charge >= 0.3 is 6.09 Å². The maximum Gasteiger partial charge on any atom is 0.410 e. The van der Waals surface area contributed by atoms with Crippen LogP contribution in [0.5, 0.6) is 0 Å². The maximum atomic E-state index is 12.4. The standard InChI is InChI=1S/C28H31N5O3/c1-28(2,3)36-27(34)32-13-11-22(12-14-32)33-18-21(17-31-33)20-15-23(26(29)30-16-20)25-10-9-24(35-25)19-7-5-4-6-8-19/h4-10,15-18,22H,11-14H2,1-3H3,(H2,29,30). The quantitative estimate of drug-likeness (QED) is 0.379. The van der Waals surface area contributed by atoms with Crippen LogP contribution in [0.25, 0.3) is 33.8 Å². The minimum atomic E-state index is -0.491. The molecule has 4 aromatic rings. The summed E-state index contributed by atoms with van der Waals surface area (Å²) in [4.78, 5) is 18.6. The number of carbonyl (C=O) groups excluding carboxylic acids is 1. The van der Waals surface area contributed by atoms with Crippen molar-refractivity contribution in [1.29, 1.82) is 0 Å². The maximum absolute atomic E-state index is 12.4. The Balaban J connectivity index is 1.30. The van der Waals surface area contributed by atoms with E-state index >= 15 is 0 Å². The molecule has 2 N–H and O–H groups in total. The van der Waals surface area contributed by atoms with Crippen LogP contribution < -0.4 is 5.73 Å². The first-order chi connectivity index (χ1) is 17.3. The second-order valence-electron chi connectivity index (χ2n) is 10.1. The lowest BCUT2D eigenvalue weighted by Crippen LogP contribution is -2.42. The van der Waals surface area contributed by atoms with E-state index in [4.69, 9.17) is 14.9 Å². The van der Waals surface area contributed by atoms with Gasteiger partial charge in [-0.15, -0.1) is 0 Å². The highest BCUT2D eigenvalue weighted by molar-refractivity contribution is 5.77. The number of ether oxygens (including phenoxy) is 1. The zero-order chi connectivity index (χ0) is 25.3. The van der Waals surface area contributed by atoms with Crippen LogP contribution in [0.2, 0.25) is 0 Å². The minimum Gasteiger partial charge on any atom is -0.456 e. The average molecular weight is 486 g/mol. The Labute approximate surface area is 210 Å². The van der Waals surface area contributed by atoms with Crippen LogP contribution in [0.15, 0.2) is 71.5 Å². The van der Waals surface area contributed by atoms with Crippen molar-refractivity contribution in [3.05, 3.63) is 67.1 Å². The lowest BCUT2D eigenvalue weighted by molar-refractivity contribution is 0.0185. The van der Waals surface area contributed by atoms with Gasteiger partial charge in [0.15, 0.2) is 0 Å². The molecule has 3 aromatic heterocycles. The van der Waals surface area contributed by atoms with Gasteiger partial charge in [-0.3, -0.25) is 4.68 Å². The van der Waals surface area contributed by atoms with Crippen LogP contribution >= 0.6 is 0 Å². The molecule has 1 aliphatic rings. The third kappa shape index (κ3) is 5.12. The second-order valence-corrected chi connectivity index (χ2v) is 10.1. The van der Waals surface area contributed by atoms with E-state index in [9.17, 15) is 4.79 Å².